The fourth-order valence-corrected chi connectivity index (χ4v) is 4.34. The predicted octanol–water partition coefficient (Wildman–Crippen LogP) is 5.06. The van der Waals surface area contributed by atoms with Crippen LogP contribution in [-0.4, -0.2) is 29.9 Å². The summed E-state index contributed by atoms with van der Waals surface area (Å²) in [6.45, 7) is 0.925. The monoisotopic (exact) mass is 442 g/mol. The van der Waals surface area contributed by atoms with Crippen LogP contribution in [0, 0.1) is 0 Å². The predicted molar refractivity (Wildman–Crippen MR) is 123 cm³/mol. The summed E-state index contributed by atoms with van der Waals surface area (Å²) in [7, 11) is 0. The maximum absolute atomic E-state index is 13.2. The highest BCUT2D eigenvalue weighted by Crippen LogP contribution is 2.34. The molecule has 5 rings (SSSR count). The molecule has 1 aliphatic heterocycles. The molecule has 158 valence electrons. The normalized spacial score (nSPS) is 12.2. The van der Waals surface area contributed by atoms with Crippen LogP contribution >= 0.6 is 11.3 Å². The summed E-state index contributed by atoms with van der Waals surface area (Å²) < 4.78 is 11.1. The van der Waals surface area contributed by atoms with Crippen LogP contribution in [0.4, 0.5) is 5.13 Å². The van der Waals surface area contributed by atoms with Gasteiger partial charge < -0.3 is 9.47 Å². The largest absolute Gasteiger partial charge is 0.486 e. The summed E-state index contributed by atoms with van der Waals surface area (Å²) in [4.78, 5) is 31.1. The molecule has 0 bridgehead atoms. The van der Waals surface area contributed by atoms with E-state index in [0.29, 0.717) is 51.5 Å². The number of fused-ring (bicyclic) bond motifs is 1. The zero-order chi connectivity index (χ0) is 21.9. The Morgan fingerprint density at radius 2 is 1.50 bits per heavy atom. The molecule has 3 aromatic carbocycles. The van der Waals surface area contributed by atoms with E-state index >= 15 is 0 Å². The van der Waals surface area contributed by atoms with Gasteiger partial charge in [-0.15, -0.1) is 0 Å². The van der Waals surface area contributed by atoms with Crippen molar-refractivity contribution in [1.82, 2.24) is 4.98 Å². The van der Waals surface area contributed by atoms with Crippen LogP contribution in [0.2, 0.25) is 0 Å². The van der Waals surface area contributed by atoms with Crippen LogP contribution in [0.25, 0.3) is 11.3 Å². The first-order valence-corrected chi connectivity index (χ1v) is 10.9. The number of hydrogen-bond acceptors (Lipinski definition) is 6. The Balaban J connectivity index is 1.47. The number of ether oxygens (including phenoxy) is 2. The number of amides is 1. The third-order valence-electron chi connectivity index (χ3n) is 4.94. The molecule has 1 aromatic heterocycles. The number of anilines is 1. The van der Waals surface area contributed by atoms with Gasteiger partial charge in [0.25, 0.3) is 5.91 Å². The summed E-state index contributed by atoms with van der Waals surface area (Å²) in [5.74, 6) is 0.674. The van der Waals surface area contributed by atoms with Gasteiger partial charge in [0.15, 0.2) is 16.6 Å². The summed E-state index contributed by atoms with van der Waals surface area (Å²) in [5.41, 5.74) is 2.34. The van der Waals surface area contributed by atoms with Crippen molar-refractivity contribution >= 4 is 28.2 Å². The van der Waals surface area contributed by atoms with E-state index in [2.05, 4.69) is 10.3 Å². The zero-order valence-electron chi connectivity index (χ0n) is 16.9. The number of rotatable bonds is 5. The van der Waals surface area contributed by atoms with Gasteiger partial charge in [-0.05, 0) is 18.2 Å². The molecule has 1 amide bonds. The number of aromatic nitrogens is 1. The molecule has 6 nitrogen and oxygen atoms in total. The van der Waals surface area contributed by atoms with Crippen molar-refractivity contribution < 1.29 is 19.1 Å². The molecule has 1 aliphatic rings. The SMILES string of the molecule is O=C(Nc1nc(-c2ccccc2)c(C(=O)c2ccccc2)s1)c1ccc2c(c1)OCCO2. The molecule has 0 saturated carbocycles. The van der Waals surface area contributed by atoms with Crippen LogP contribution < -0.4 is 14.8 Å². The Morgan fingerprint density at radius 3 is 2.25 bits per heavy atom. The van der Waals surface area contributed by atoms with Gasteiger partial charge in [0.2, 0.25) is 5.78 Å². The molecule has 0 spiro atoms. The molecular formula is C25H18N2O4S. The summed E-state index contributed by atoms with van der Waals surface area (Å²) in [6.07, 6.45) is 0. The minimum absolute atomic E-state index is 0.137. The number of nitrogens with one attached hydrogen (secondary N) is 1. The van der Waals surface area contributed by atoms with Crippen molar-refractivity contribution in [3.8, 4) is 22.8 Å². The van der Waals surface area contributed by atoms with Gasteiger partial charge in [0.1, 0.15) is 18.1 Å². The first-order chi connectivity index (χ1) is 15.7. The minimum atomic E-state index is -0.339. The quantitative estimate of drug-likeness (QED) is 0.437. The number of benzene rings is 3. The molecule has 32 heavy (non-hydrogen) atoms. The van der Waals surface area contributed by atoms with Crippen LogP contribution in [-0.2, 0) is 0 Å². The van der Waals surface area contributed by atoms with Crippen molar-refractivity contribution in [3.63, 3.8) is 0 Å². The lowest BCUT2D eigenvalue weighted by Crippen LogP contribution is -2.17. The average Bonchev–Trinajstić information content (AvgIpc) is 3.28. The van der Waals surface area contributed by atoms with Crippen LogP contribution in [0.3, 0.4) is 0 Å². The minimum Gasteiger partial charge on any atom is -0.486 e. The zero-order valence-corrected chi connectivity index (χ0v) is 17.7. The standard InChI is InChI=1S/C25H18N2O4S/c28-22(17-9-5-2-6-10-17)23-21(16-7-3-1-4-8-16)26-25(32-23)27-24(29)18-11-12-19-20(15-18)31-14-13-30-19/h1-12,15H,13-14H2,(H,26,27,29). The van der Waals surface area contributed by atoms with Crippen LogP contribution in [0.1, 0.15) is 25.6 Å². The van der Waals surface area contributed by atoms with E-state index in [9.17, 15) is 9.59 Å². The number of ketones is 1. The van der Waals surface area contributed by atoms with Crippen molar-refractivity contribution in [1.29, 1.82) is 0 Å². The fraction of sp³-hybridized carbons (Fsp3) is 0.0800. The lowest BCUT2D eigenvalue weighted by Gasteiger charge is -2.18. The topological polar surface area (TPSA) is 77.5 Å². The molecule has 7 heteroatoms. The Morgan fingerprint density at radius 1 is 0.812 bits per heavy atom. The smallest absolute Gasteiger partial charge is 0.257 e. The molecule has 4 aromatic rings. The highest BCUT2D eigenvalue weighted by atomic mass is 32.1. The van der Waals surface area contributed by atoms with Gasteiger partial charge in [-0.2, -0.15) is 0 Å². The number of nitrogens with zero attached hydrogens (tertiary/aromatic N) is 1. The molecule has 1 N–H and O–H groups in total. The maximum Gasteiger partial charge on any atom is 0.257 e. The summed E-state index contributed by atoms with van der Waals surface area (Å²) in [5, 5.41) is 3.17. The lowest BCUT2D eigenvalue weighted by molar-refractivity contribution is 0.102. The average molecular weight is 442 g/mol. The second-order valence-electron chi connectivity index (χ2n) is 7.07. The Labute approximate surface area is 188 Å². The lowest BCUT2D eigenvalue weighted by atomic mass is 10.1. The third-order valence-corrected chi connectivity index (χ3v) is 5.91. The van der Waals surface area contributed by atoms with E-state index in [1.807, 2.05) is 48.5 Å². The molecular weight excluding hydrogens is 424 g/mol. The number of carbonyl (C=O) groups excluding carboxylic acids is 2. The van der Waals surface area contributed by atoms with Gasteiger partial charge in [-0.1, -0.05) is 72.0 Å². The highest BCUT2D eigenvalue weighted by Gasteiger charge is 2.22. The van der Waals surface area contributed by atoms with Gasteiger partial charge in [0, 0.05) is 16.7 Å². The van der Waals surface area contributed by atoms with Crippen molar-refractivity contribution in [2.24, 2.45) is 0 Å². The second-order valence-corrected chi connectivity index (χ2v) is 8.07. The van der Waals surface area contributed by atoms with Crippen LogP contribution in [0.15, 0.2) is 78.9 Å². The van der Waals surface area contributed by atoms with E-state index in [4.69, 9.17) is 9.47 Å². The van der Waals surface area contributed by atoms with Gasteiger partial charge in [-0.3, -0.25) is 14.9 Å². The second kappa shape index (κ2) is 8.64. The number of thiazole rings is 1. The van der Waals surface area contributed by atoms with Gasteiger partial charge in [0.05, 0.1) is 5.69 Å². The van der Waals surface area contributed by atoms with E-state index in [1.165, 1.54) is 0 Å². The third kappa shape index (κ3) is 3.98. The molecule has 0 atom stereocenters. The van der Waals surface area contributed by atoms with Crippen molar-refractivity contribution in [3.05, 3.63) is 94.9 Å². The molecule has 0 unspecified atom stereocenters. The van der Waals surface area contributed by atoms with Gasteiger partial charge in [-0.25, -0.2) is 4.98 Å². The van der Waals surface area contributed by atoms with E-state index in [1.54, 1.807) is 30.3 Å². The summed E-state index contributed by atoms with van der Waals surface area (Å²) in [6, 6.07) is 23.5. The fourth-order valence-electron chi connectivity index (χ4n) is 3.39. The molecule has 2 heterocycles. The number of carbonyl (C=O) groups is 2. The Hall–Kier alpha value is -3.97. The highest BCUT2D eigenvalue weighted by molar-refractivity contribution is 7.18. The summed E-state index contributed by atoms with van der Waals surface area (Å²) >= 11 is 1.16. The van der Waals surface area contributed by atoms with E-state index in [0.717, 1.165) is 16.9 Å². The van der Waals surface area contributed by atoms with Crippen molar-refractivity contribution in [2.45, 2.75) is 0 Å². The van der Waals surface area contributed by atoms with Gasteiger partial charge >= 0.3 is 0 Å². The Kier molecular flexibility index (Phi) is 5.39. The van der Waals surface area contributed by atoms with E-state index in [-0.39, 0.29) is 11.7 Å². The molecule has 0 fully saturated rings. The number of hydrogen-bond donors (Lipinski definition) is 1. The molecule has 0 radical (unpaired) electrons. The van der Waals surface area contributed by atoms with Crippen LogP contribution in [0.5, 0.6) is 11.5 Å². The molecule has 0 aliphatic carbocycles. The van der Waals surface area contributed by atoms with E-state index < -0.39 is 0 Å². The molecule has 0 saturated heterocycles. The maximum atomic E-state index is 13.2. The first-order valence-electron chi connectivity index (χ1n) is 10.1. The Bertz CT molecular complexity index is 1290. The van der Waals surface area contributed by atoms with Crippen molar-refractivity contribution in [2.75, 3.05) is 18.5 Å². The first kappa shape index (κ1) is 20.0.